The Hall–Kier alpha value is -1.13. The number of nitrogens with one attached hydrogen (secondary N) is 2. The summed E-state index contributed by atoms with van der Waals surface area (Å²) in [6.07, 6.45) is 0. The van der Waals surface area contributed by atoms with Gasteiger partial charge in [-0.25, -0.2) is 0 Å². The number of carbonyl (C=O) groups is 1. The number of carbonyl (C=O) groups excluding carboxylic acids is 1. The van der Waals surface area contributed by atoms with E-state index in [4.69, 9.17) is 28.9 Å². The zero-order valence-electron chi connectivity index (χ0n) is 10.4. The molecule has 1 aromatic rings. The third-order valence-corrected chi connectivity index (χ3v) is 2.96. The normalized spacial score (nSPS) is 10.5. The molecule has 1 aromatic carbocycles. The van der Waals surface area contributed by atoms with Crippen molar-refractivity contribution in [3.05, 3.63) is 22.2 Å². The Labute approximate surface area is 117 Å². The average molecular weight is 290 g/mol. The Balaban J connectivity index is 2.53. The lowest BCUT2D eigenvalue weighted by Crippen LogP contribution is -2.32. The summed E-state index contributed by atoms with van der Waals surface area (Å²) in [5, 5.41) is 6.51. The van der Waals surface area contributed by atoms with Crippen molar-refractivity contribution >= 4 is 40.5 Å². The van der Waals surface area contributed by atoms with Crippen molar-refractivity contribution in [3.8, 4) is 0 Å². The second kappa shape index (κ2) is 6.71. The Kier molecular flexibility index (Phi) is 5.56. The lowest BCUT2D eigenvalue weighted by atomic mass is 10.2. The van der Waals surface area contributed by atoms with E-state index >= 15 is 0 Å². The number of nitrogens with two attached hydrogens (primary N) is 1. The van der Waals surface area contributed by atoms with Gasteiger partial charge < -0.3 is 16.4 Å². The zero-order valence-corrected chi connectivity index (χ0v) is 11.9. The molecule has 0 heterocycles. The first-order chi connectivity index (χ1) is 8.40. The fraction of sp³-hybridized carbons (Fsp3) is 0.417. The van der Waals surface area contributed by atoms with Crippen LogP contribution in [0.25, 0.3) is 0 Å². The van der Waals surface area contributed by atoms with Gasteiger partial charge in [0.25, 0.3) is 0 Å². The summed E-state index contributed by atoms with van der Waals surface area (Å²) < 4.78 is 0. The number of hydrogen-bond acceptors (Lipinski definition) is 3. The van der Waals surface area contributed by atoms with Crippen LogP contribution in [0, 0.1) is 5.92 Å². The van der Waals surface area contributed by atoms with E-state index in [1.54, 1.807) is 12.1 Å². The number of nitrogen functional groups attached to an aromatic ring is 1. The second-order valence-electron chi connectivity index (χ2n) is 4.41. The minimum absolute atomic E-state index is 0.0887. The molecule has 18 heavy (non-hydrogen) atoms. The van der Waals surface area contributed by atoms with Gasteiger partial charge in [-0.2, -0.15) is 0 Å². The van der Waals surface area contributed by atoms with Gasteiger partial charge in [0.1, 0.15) is 0 Å². The molecule has 0 spiro atoms. The Morgan fingerprint density at radius 2 is 1.94 bits per heavy atom. The number of rotatable bonds is 5. The van der Waals surface area contributed by atoms with Gasteiger partial charge in [0.2, 0.25) is 5.91 Å². The van der Waals surface area contributed by atoms with E-state index in [-0.39, 0.29) is 12.5 Å². The van der Waals surface area contributed by atoms with E-state index in [0.29, 0.717) is 33.9 Å². The minimum Gasteiger partial charge on any atom is -0.397 e. The van der Waals surface area contributed by atoms with Crippen molar-refractivity contribution in [2.24, 2.45) is 5.92 Å². The standard InChI is InChI=1S/C12H17Cl2N3O/c1-7(2)5-17-12(18)6-16-11-4-9(14)8(13)3-10(11)15/h3-4,7,16H,5-6,15H2,1-2H3,(H,17,18). The minimum atomic E-state index is -0.0887. The van der Waals surface area contributed by atoms with Crippen LogP contribution in [0.4, 0.5) is 11.4 Å². The maximum absolute atomic E-state index is 11.5. The molecule has 0 atom stereocenters. The third kappa shape index (κ3) is 4.63. The number of anilines is 2. The molecule has 0 aliphatic carbocycles. The number of amides is 1. The van der Waals surface area contributed by atoms with Gasteiger partial charge >= 0.3 is 0 Å². The molecule has 0 aliphatic heterocycles. The Morgan fingerprint density at radius 1 is 1.33 bits per heavy atom. The van der Waals surface area contributed by atoms with E-state index in [2.05, 4.69) is 10.6 Å². The molecule has 0 aromatic heterocycles. The van der Waals surface area contributed by atoms with Crippen LogP contribution in [0.2, 0.25) is 10.0 Å². The van der Waals surface area contributed by atoms with Crippen LogP contribution in [0.3, 0.4) is 0 Å². The first-order valence-corrected chi connectivity index (χ1v) is 6.41. The molecule has 100 valence electrons. The molecule has 4 nitrogen and oxygen atoms in total. The molecule has 1 rings (SSSR count). The largest absolute Gasteiger partial charge is 0.397 e. The van der Waals surface area contributed by atoms with Gasteiger partial charge in [0, 0.05) is 6.54 Å². The highest BCUT2D eigenvalue weighted by Crippen LogP contribution is 2.30. The molecule has 0 bridgehead atoms. The SMILES string of the molecule is CC(C)CNC(=O)CNc1cc(Cl)c(Cl)cc1N. The Morgan fingerprint density at radius 3 is 2.56 bits per heavy atom. The summed E-state index contributed by atoms with van der Waals surface area (Å²) in [5.74, 6) is 0.332. The predicted octanol–water partition coefficient (Wildman–Crippen LogP) is 2.76. The zero-order chi connectivity index (χ0) is 13.7. The topological polar surface area (TPSA) is 67.2 Å². The third-order valence-electron chi connectivity index (χ3n) is 2.24. The molecule has 6 heteroatoms. The highest BCUT2D eigenvalue weighted by Gasteiger charge is 2.07. The van der Waals surface area contributed by atoms with Gasteiger partial charge in [0.15, 0.2) is 0 Å². The summed E-state index contributed by atoms with van der Waals surface area (Å²) in [4.78, 5) is 11.5. The van der Waals surface area contributed by atoms with E-state index in [0.717, 1.165) is 0 Å². The summed E-state index contributed by atoms with van der Waals surface area (Å²) in [7, 11) is 0. The highest BCUT2D eigenvalue weighted by atomic mass is 35.5. The highest BCUT2D eigenvalue weighted by molar-refractivity contribution is 6.42. The van der Waals surface area contributed by atoms with Crippen LogP contribution in [-0.2, 0) is 4.79 Å². The number of benzene rings is 1. The molecule has 0 unspecified atom stereocenters. The lowest BCUT2D eigenvalue weighted by molar-refractivity contribution is -0.119. The molecular formula is C12H17Cl2N3O. The van der Waals surface area contributed by atoms with Crippen molar-refractivity contribution in [3.63, 3.8) is 0 Å². The molecule has 0 fully saturated rings. The predicted molar refractivity (Wildman–Crippen MR) is 77.2 cm³/mol. The van der Waals surface area contributed by atoms with Crippen LogP contribution >= 0.6 is 23.2 Å². The quantitative estimate of drug-likeness (QED) is 0.730. The van der Waals surface area contributed by atoms with Crippen LogP contribution in [0.15, 0.2) is 12.1 Å². The van der Waals surface area contributed by atoms with Crippen LogP contribution in [0.1, 0.15) is 13.8 Å². The van der Waals surface area contributed by atoms with Crippen molar-refractivity contribution < 1.29 is 4.79 Å². The van der Waals surface area contributed by atoms with Gasteiger partial charge in [0.05, 0.1) is 28.0 Å². The van der Waals surface area contributed by atoms with E-state index in [9.17, 15) is 4.79 Å². The molecule has 1 amide bonds. The molecule has 0 saturated carbocycles. The first kappa shape index (κ1) is 14.9. The maximum atomic E-state index is 11.5. The van der Waals surface area contributed by atoms with Crippen LogP contribution in [-0.4, -0.2) is 19.0 Å². The summed E-state index contributed by atoms with van der Waals surface area (Å²) in [5.41, 5.74) is 6.82. The van der Waals surface area contributed by atoms with Gasteiger partial charge in [-0.1, -0.05) is 37.0 Å². The monoisotopic (exact) mass is 289 g/mol. The van der Waals surface area contributed by atoms with Gasteiger partial charge in [-0.15, -0.1) is 0 Å². The average Bonchev–Trinajstić information content (AvgIpc) is 2.29. The van der Waals surface area contributed by atoms with E-state index in [1.807, 2.05) is 13.8 Å². The fourth-order valence-electron chi connectivity index (χ4n) is 1.27. The van der Waals surface area contributed by atoms with Gasteiger partial charge in [-0.3, -0.25) is 4.79 Å². The van der Waals surface area contributed by atoms with Gasteiger partial charge in [-0.05, 0) is 18.1 Å². The fourth-order valence-corrected chi connectivity index (χ4v) is 1.61. The molecular weight excluding hydrogens is 273 g/mol. The lowest BCUT2D eigenvalue weighted by Gasteiger charge is -2.11. The van der Waals surface area contributed by atoms with E-state index in [1.165, 1.54) is 0 Å². The van der Waals surface area contributed by atoms with Crippen LogP contribution < -0.4 is 16.4 Å². The molecule has 0 saturated heterocycles. The molecule has 4 N–H and O–H groups in total. The summed E-state index contributed by atoms with van der Waals surface area (Å²) in [6, 6.07) is 3.16. The van der Waals surface area contributed by atoms with Crippen molar-refractivity contribution in [2.45, 2.75) is 13.8 Å². The van der Waals surface area contributed by atoms with Crippen LogP contribution in [0.5, 0.6) is 0 Å². The maximum Gasteiger partial charge on any atom is 0.239 e. The van der Waals surface area contributed by atoms with Crippen molar-refractivity contribution in [2.75, 3.05) is 24.1 Å². The number of halogens is 2. The Bertz CT molecular complexity index is 436. The van der Waals surface area contributed by atoms with Crippen molar-refractivity contribution in [1.82, 2.24) is 5.32 Å². The summed E-state index contributed by atoms with van der Waals surface area (Å²) in [6.45, 7) is 4.86. The van der Waals surface area contributed by atoms with E-state index < -0.39 is 0 Å². The molecule has 0 aliphatic rings. The number of hydrogen-bond donors (Lipinski definition) is 3. The first-order valence-electron chi connectivity index (χ1n) is 5.65. The molecule has 0 radical (unpaired) electrons. The second-order valence-corrected chi connectivity index (χ2v) is 5.22. The summed E-state index contributed by atoms with van der Waals surface area (Å²) >= 11 is 11.7. The van der Waals surface area contributed by atoms with Crippen molar-refractivity contribution in [1.29, 1.82) is 0 Å². The smallest absolute Gasteiger partial charge is 0.239 e.